The van der Waals surface area contributed by atoms with Gasteiger partial charge in [-0.15, -0.1) is 0 Å². The number of carbonyl (C=O) groups excluding carboxylic acids is 1. The number of hydrogen-bond acceptors (Lipinski definition) is 3. The van der Waals surface area contributed by atoms with Crippen LogP contribution in [0.25, 0.3) is 11.0 Å². The van der Waals surface area contributed by atoms with E-state index in [0.717, 1.165) is 42.6 Å². The summed E-state index contributed by atoms with van der Waals surface area (Å²) in [6.07, 6.45) is 6.04. The number of amides is 1. The molecule has 1 atom stereocenters. The maximum atomic E-state index is 12.1. The highest BCUT2D eigenvalue weighted by Crippen LogP contribution is 2.20. The van der Waals surface area contributed by atoms with E-state index in [1.165, 1.54) is 12.8 Å². The van der Waals surface area contributed by atoms with E-state index in [4.69, 9.17) is 9.15 Å². The van der Waals surface area contributed by atoms with Crippen molar-refractivity contribution in [3.63, 3.8) is 0 Å². The smallest absolute Gasteiger partial charge is 0.251 e. The van der Waals surface area contributed by atoms with Crippen molar-refractivity contribution in [1.29, 1.82) is 0 Å². The van der Waals surface area contributed by atoms with Gasteiger partial charge in [-0.25, -0.2) is 0 Å². The summed E-state index contributed by atoms with van der Waals surface area (Å²) in [6.45, 7) is 3.54. The number of ether oxygens (including phenoxy) is 1. The summed E-state index contributed by atoms with van der Waals surface area (Å²) in [6, 6.07) is 7.50. The summed E-state index contributed by atoms with van der Waals surface area (Å²) in [5.74, 6) is 0.847. The fourth-order valence-electron chi connectivity index (χ4n) is 2.99. The highest BCUT2D eigenvalue weighted by molar-refractivity contribution is 5.97. The van der Waals surface area contributed by atoms with Crippen LogP contribution in [0.5, 0.6) is 0 Å². The second-order valence-corrected chi connectivity index (χ2v) is 6.00. The fraction of sp³-hybridized carbons (Fsp3) is 0.500. The lowest BCUT2D eigenvalue weighted by Gasteiger charge is -2.09. The van der Waals surface area contributed by atoms with Crippen LogP contribution in [0.3, 0.4) is 0 Å². The maximum Gasteiger partial charge on any atom is 0.251 e. The number of nitrogens with one attached hydrogen (secondary N) is 1. The van der Waals surface area contributed by atoms with E-state index in [1.807, 2.05) is 31.2 Å². The average Bonchev–Trinajstić information content (AvgIpc) is 3.13. The van der Waals surface area contributed by atoms with Crippen molar-refractivity contribution in [3.8, 4) is 0 Å². The number of aryl methyl sites for hydroxylation is 1. The number of hydrogen-bond donors (Lipinski definition) is 1. The standard InChI is InChI=1S/C18H23NO3/c1-13-11-15-12-14(7-8-17(15)22-13)18(20)19-9-3-2-5-16-6-4-10-21-16/h7-8,11-12,16H,2-6,9-10H2,1H3,(H,19,20)/t16-/m0/s1. The summed E-state index contributed by atoms with van der Waals surface area (Å²) in [5.41, 5.74) is 1.51. The Morgan fingerprint density at radius 2 is 2.23 bits per heavy atom. The lowest BCUT2D eigenvalue weighted by Crippen LogP contribution is -2.24. The van der Waals surface area contributed by atoms with Gasteiger partial charge >= 0.3 is 0 Å². The molecular weight excluding hydrogens is 278 g/mol. The van der Waals surface area contributed by atoms with Crippen LogP contribution >= 0.6 is 0 Å². The van der Waals surface area contributed by atoms with Gasteiger partial charge in [-0.2, -0.15) is 0 Å². The molecule has 1 aromatic heterocycles. The van der Waals surface area contributed by atoms with Crippen molar-refractivity contribution >= 4 is 16.9 Å². The highest BCUT2D eigenvalue weighted by atomic mass is 16.5. The molecule has 4 nitrogen and oxygen atoms in total. The lowest BCUT2D eigenvalue weighted by molar-refractivity contribution is 0.0947. The number of unbranched alkanes of at least 4 members (excludes halogenated alkanes) is 1. The first kappa shape index (κ1) is 15.1. The minimum atomic E-state index is -0.0159. The molecule has 0 aliphatic carbocycles. The van der Waals surface area contributed by atoms with E-state index in [-0.39, 0.29) is 5.91 Å². The molecular formula is C18H23NO3. The van der Waals surface area contributed by atoms with Crippen LogP contribution in [0.4, 0.5) is 0 Å². The van der Waals surface area contributed by atoms with Crippen LogP contribution in [0.1, 0.15) is 48.2 Å². The molecule has 1 aliphatic rings. The Balaban J connectivity index is 1.44. The summed E-state index contributed by atoms with van der Waals surface area (Å²) in [4.78, 5) is 12.1. The third kappa shape index (κ3) is 3.69. The van der Waals surface area contributed by atoms with Gasteiger partial charge in [0.15, 0.2) is 0 Å². The number of furan rings is 1. The lowest BCUT2D eigenvalue weighted by atomic mass is 10.1. The zero-order valence-corrected chi connectivity index (χ0v) is 13.1. The molecule has 1 N–H and O–H groups in total. The molecule has 2 heterocycles. The first-order valence-corrected chi connectivity index (χ1v) is 8.12. The van der Waals surface area contributed by atoms with E-state index in [2.05, 4.69) is 5.32 Å². The van der Waals surface area contributed by atoms with Gasteiger partial charge in [-0.1, -0.05) is 0 Å². The topological polar surface area (TPSA) is 51.5 Å². The Morgan fingerprint density at radius 3 is 3.05 bits per heavy atom. The molecule has 1 saturated heterocycles. The molecule has 1 aliphatic heterocycles. The molecule has 0 spiro atoms. The van der Waals surface area contributed by atoms with Crippen molar-refractivity contribution in [2.75, 3.05) is 13.2 Å². The van der Waals surface area contributed by atoms with Crippen LogP contribution in [0.15, 0.2) is 28.7 Å². The molecule has 4 heteroatoms. The molecule has 1 amide bonds. The molecule has 22 heavy (non-hydrogen) atoms. The number of benzene rings is 1. The van der Waals surface area contributed by atoms with Crippen LogP contribution < -0.4 is 5.32 Å². The summed E-state index contributed by atoms with van der Waals surface area (Å²) in [7, 11) is 0. The quantitative estimate of drug-likeness (QED) is 0.825. The van der Waals surface area contributed by atoms with Crippen molar-refractivity contribution in [2.24, 2.45) is 0 Å². The Morgan fingerprint density at radius 1 is 1.32 bits per heavy atom. The van der Waals surface area contributed by atoms with E-state index in [0.29, 0.717) is 18.2 Å². The van der Waals surface area contributed by atoms with Gasteiger partial charge in [0, 0.05) is 24.1 Å². The molecule has 2 aromatic rings. The zero-order valence-electron chi connectivity index (χ0n) is 13.1. The average molecular weight is 301 g/mol. The minimum Gasteiger partial charge on any atom is -0.461 e. The highest BCUT2D eigenvalue weighted by Gasteiger charge is 2.14. The third-order valence-corrected chi connectivity index (χ3v) is 4.16. The van der Waals surface area contributed by atoms with Gasteiger partial charge in [-0.3, -0.25) is 4.79 Å². The molecule has 0 bridgehead atoms. The summed E-state index contributed by atoms with van der Waals surface area (Å²) < 4.78 is 11.1. The first-order chi connectivity index (χ1) is 10.7. The van der Waals surface area contributed by atoms with Crippen LogP contribution in [0, 0.1) is 6.92 Å². The van der Waals surface area contributed by atoms with Gasteiger partial charge in [0.2, 0.25) is 0 Å². The van der Waals surface area contributed by atoms with Crippen LogP contribution in [0.2, 0.25) is 0 Å². The monoisotopic (exact) mass is 301 g/mol. The number of fused-ring (bicyclic) bond motifs is 1. The SMILES string of the molecule is Cc1cc2cc(C(=O)NCCCC[C@H]3CCCO3)ccc2o1. The zero-order chi connectivity index (χ0) is 15.4. The van der Waals surface area contributed by atoms with Gasteiger partial charge in [-0.05, 0) is 63.3 Å². The summed E-state index contributed by atoms with van der Waals surface area (Å²) >= 11 is 0. The second kappa shape index (κ2) is 6.97. The maximum absolute atomic E-state index is 12.1. The van der Waals surface area contributed by atoms with E-state index in [1.54, 1.807) is 0 Å². The predicted octanol–water partition coefficient (Wildman–Crippen LogP) is 3.82. The van der Waals surface area contributed by atoms with Crippen LogP contribution in [-0.4, -0.2) is 25.2 Å². The van der Waals surface area contributed by atoms with Gasteiger partial charge < -0.3 is 14.5 Å². The van der Waals surface area contributed by atoms with E-state index in [9.17, 15) is 4.79 Å². The Kier molecular flexibility index (Phi) is 4.78. The normalized spacial score (nSPS) is 18.0. The predicted molar refractivity (Wildman–Crippen MR) is 86.1 cm³/mol. The molecule has 3 rings (SSSR count). The van der Waals surface area contributed by atoms with Gasteiger partial charge in [0.25, 0.3) is 5.91 Å². The Hall–Kier alpha value is -1.81. The van der Waals surface area contributed by atoms with Crippen molar-refractivity contribution in [1.82, 2.24) is 5.32 Å². The van der Waals surface area contributed by atoms with Crippen molar-refractivity contribution in [3.05, 3.63) is 35.6 Å². The molecule has 0 unspecified atom stereocenters. The van der Waals surface area contributed by atoms with Gasteiger partial charge in [0.05, 0.1) is 6.10 Å². The number of carbonyl (C=O) groups is 1. The second-order valence-electron chi connectivity index (χ2n) is 6.00. The Labute approximate surface area is 130 Å². The summed E-state index contributed by atoms with van der Waals surface area (Å²) in [5, 5.41) is 3.96. The van der Waals surface area contributed by atoms with E-state index >= 15 is 0 Å². The molecule has 118 valence electrons. The third-order valence-electron chi connectivity index (χ3n) is 4.16. The van der Waals surface area contributed by atoms with Crippen molar-refractivity contribution in [2.45, 2.75) is 45.1 Å². The fourth-order valence-corrected chi connectivity index (χ4v) is 2.99. The molecule has 0 saturated carbocycles. The molecule has 1 fully saturated rings. The van der Waals surface area contributed by atoms with Crippen molar-refractivity contribution < 1.29 is 13.9 Å². The first-order valence-electron chi connectivity index (χ1n) is 8.12. The largest absolute Gasteiger partial charge is 0.461 e. The van der Waals surface area contributed by atoms with E-state index < -0.39 is 0 Å². The molecule has 1 aromatic carbocycles. The Bertz CT molecular complexity index is 641. The minimum absolute atomic E-state index is 0.0159. The molecule has 0 radical (unpaired) electrons. The van der Waals surface area contributed by atoms with Crippen LogP contribution in [-0.2, 0) is 4.74 Å². The van der Waals surface area contributed by atoms with Gasteiger partial charge in [0.1, 0.15) is 11.3 Å². The number of rotatable bonds is 6.